The molecule has 1 aromatic rings. The molecule has 0 N–H and O–H groups in total. The molecular formula is C17H25NO3. The number of nitrogens with zero attached hydrogens (tertiary/aromatic N) is 1. The first kappa shape index (κ1) is 16.0. The highest BCUT2D eigenvalue weighted by Crippen LogP contribution is 2.21. The number of esters is 1. The van der Waals surface area contributed by atoms with Crippen molar-refractivity contribution in [1.29, 1.82) is 0 Å². The summed E-state index contributed by atoms with van der Waals surface area (Å²) in [5.41, 5.74) is 0.976. The molecular weight excluding hydrogens is 266 g/mol. The summed E-state index contributed by atoms with van der Waals surface area (Å²) in [7, 11) is 1.94. The van der Waals surface area contributed by atoms with Crippen LogP contribution >= 0.6 is 0 Å². The molecule has 0 radical (unpaired) electrons. The van der Waals surface area contributed by atoms with Gasteiger partial charge in [0, 0.05) is 13.0 Å². The van der Waals surface area contributed by atoms with Crippen LogP contribution in [0.5, 0.6) is 0 Å². The molecule has 2 atom stereocenters. The largest absolute Gasteiger partial charge is 0.464 e. The fourth-order valence-electron chi connectivity index (χ4n) is 2.63. The zero-order chi connectivity index (χ0) is 15.1. The quantitative estimate of drug-likeness (QED) is 0.724. The van der Waals surface area contributed by atoms with Gasteiger partial charge in [-0.25, -0.2) is 4.79 Å². The number of ether oxygens (including phenoxy) is 2. The molecule has 0 unspecified atom stereocenters. The molecule has 2 rings (SSSR count). The third-order valence-corrected chi connectivity index (χ3v) is 3.99. The van der Waals surface area contributed by atoms with Crippen LogP contribution < -0.4 is 0 Å². The van der Waals surface area contributed by atoms with Gasteiger partial charge in [-0.1, -0.05) is 37.3 Å². The zero-order valence-corrected chi connectivity index (χ0v) is 13.0. The molecule has 21 heavy (non-hydrogen) atoms. The van der Waals surface area contributed by atoms with Crippen LogP contribution in [0.4, 0.5) is 0 Å². The molecule has 0 spiro atoms. The smallest absolute Gasteiger partial charge is 0.328 e. The van der Waals surface area contributed by atoms with Gasteiger partial charge >= 0.3 is 5.97 Å². The van der Waals surface area contributed by atoms with Gasteiger partial charge in [-0.15, -0.1) is 0 Å². The minimum atomic E-state index is -0.333. The van der Waals surface area contributed by atoms with E-state index in [0.717, 1.165) is 38.0 Å². The number of carbonyl (C=O) groups is 1. The van der Waals surface area contributed by atoms with Crippen molar-refractivity contribution < 1.29 is 14.3 Å². The van der Waals surface area contributed by atoms with Crippen LogP contribution in [0.3, 0.4) is 0 Å². The Morgan fingerprint density at radius 3 is 2.81 bits per heavy atom. The minimum Gasteiger partial charge on any atom is -0.464 e. The van der Waals surface area contributed by atoms with E-state index in [9.17, 15) is 4.79 Å². The summed E-state index contributed by atoms with van der Waals surface area (Å²) in [5.74, 6) is -0.177. The normalized spacial score (nSPS) is 19.7. The Kier molecular flexibility index (Phi) is 6.21. The molecule has 1 aliphatic heterocycles. The third-order valence-electron chi connectivity index (χ3n) is 3.99. The number of carbonyl (C=O) groups excluding carboxylic acids is 1. The standard InChI is InChI=1S/C17H25NO3/c1-3-18(2)16(14-8-5-4-6-9-14)17(19)21-13-11-15-10-7-12-20-15/h4-6,8-9,15-16H,3,7,10-13H2,1-2H3/t15-,16-/m0/s1. The lowest BCUT2D eigenvalue weighted by Crippen LogP contribution is -2.32. The number of benzene rings is 1. The van der Waals surface area contributed by atoms with Gasteiger partial charge in [0.25, 0.3) is 0 Å². The lowest BCUT2D eigenvalue weighted by Gasteiger charge is -2.25. The Balaban J connectivity index is 1.91. The molecule has 4 nitrogen and oxygen atoms in total. The zero-order valence-electron chi connectivity index (χ0n) is 13.0. The molecule has 0 bridgehead atoms. The molecule has 0 aliphatic carbocycles. The molecule has 1 fully saturated rings. The van der Waals surface area contributed by atoms with E-state index in [2.05, 4.69) is 0 Å². The van der Waals surface area contributed by atoms with Crippen molar-refractivity contribution in [2.24, 2.45) is 0 Å². The SMILES string of the molecule is CCN(C)[C@H](C(=O)OCC[C@@H]1CCCO1)c1ccccc1. The van der Waals surface area contributed by atoms with Gasteiger partial charge < -0.3 is 9.47 Å². The maximum absolute atomic E-state index is 12.4. The summed E-state index contributed by atoms with van der Waals surface area (Å²) in [6.45, 7) is 4.10. The van der Waals surface area contributed by atoms with Crippen LogP contribution in [0.25, 0.3) is 0 Å². The van der Waals surface area contributed by atoms with Gasteiger partial charge in [-0.05, 0) is 32.0 Å². The van der Waals surface area contributed by atoms with E-state index in [1.54, 1.807) is 0 Å². The Hall–Kier alpha value is -1.39. The van der Waals surface area contributed by atoms with Crippen LogP contribution in [0, 0.1) is 0 Å². The van der Waals surface area contributed by atoms with Crippen LogP contribution in [0.2, 0.25) is 0 Å². The fourth-order valence-corrected chi connectivity index (χ4v) is 2.63. The van der Waals surface area contributed by atoms with Crippen molar-refractivity contribution in [3.05, 3.63) is 35.9 Å². The predicted molar refractivity (Wildman–Crippen MR) is 82.0 cm³/mol. The monoisotopic (exact) mass is 291 g/mol. The summed E-state index contributed by atoms with van der Waals surface area (Å²) in [6, 6.07) is 9.46. The summed E-state index contributed by atoms with van der Waals surface area (Å²) in [5, 5.41) is 0. The topological polar surface area (TPSA) is 38.8 Å². The molecule has 116 valence electrons. The maximum atomic E-state index is 12.4. The molecule has 1 saturated heterocycles. The minimum absolute atomic E-state index is 0.177. The van der Waals surface area contributed by atoms with E-state index < -0.39 is 0 Å². The van der Waals surface area contributed by atoms with Crippen molar-refractivity contribution in [1.82, 2.24) is 4.90 Å². The van der Waals surface area contributed by atoms with Gasteiger partial charge in [-0.3, -0.25) is 4.90 Å². The van der Waals surface area contributed by atoms with Crippen molar-refractivity contribution in [3.63, 3.8) is 0 Å². The van der Waals surface area contributed by atoms with Gasteiger partial charge in [0.1, 0.15) is 6.04 Å². The number of rotatable bonds is 7. The Labute approximate surface area is 127 Å². The van der Waals surface area contributed by atoms with Gasteiger partial charge in [0.05, 0.1) is 12.7 Å². The molecule has 4 heteroatoms. The first-order valence-corrected chi connectivity index (χ1v) is 7.75. The third kappa shape index (κ3) is 4.55. The fraction of sp³-hybridized carbons (Fsp3) is 0.588. The van der Waals surface area contributed by atoms with Gasteiger partial charge in [0.2, 0.25) is 0 Å². The Morgan fingerprint density at radius 2 is 2.19 bits per heavy atom. The Bertz CT molecular complexity index is 429. The predicted octanol–water partition coefficient (Wildman–Crippen LogP) is 2.79. The van der Waals surface area contributed by atoms with Crippen molar-refractivity contribution >= 4 is 5.97 Å². The van der Waals surface area contributed by atoms with E-state index in [1.807, 2.05) is 49.2 Å². The van der Waals surface area contributed by atoms with E-state index >= 15 is 0 Å². The second-order valence-electron chi connectivity index (χ2n) is 5.48. The van der Waals surface area contributed by atoms with Crippen molar-refractivity contribution in [3.8, 4) is 0 Å². The van der Waals surface area contributed by atoms with Gasteiger partial charge in [0.15, 0.2) is 0 Å². The highest BCUT2D eigenvalue weighted by molar-refractivity contribution is 5.77. The number of hydrogen-bond donors (Lipinski definition) is 0. The summed E-state index contributed by atoms with van der Waals surface area (Å²) >= 11 is 0. The summed E-state index contributed by atoms with van der Waals surface area (Å²) in [4.78, 5) is 14.4. The lowest BCUT2D eigenvalue weighted by atomic mass is 10.1. The first-order chi connectivity index (χ1) is 10.2. The summed E-state index contributed by atoms with van der Waals surface area (Å²) in [6.07, 6.45) is 3.25. The van der Waals surface area contributed by atoms with E-state index in [1.165, 1.54) is 0 Å². The van der Waals surface area contributed by atoms with Gasteiger partial charge in [-0.2, -0.15) is 0 Å². The second-order valence-corrected chi connectivity index (χ2v) is 5.48. The number of hydrogen-bond acceptors (Lipinski definition) is 4. The highest BCUT2D eigenvalue weighted by Gasteiger charge is 2.26. The van der Waals surface area contributed by atoms with E-state index in [0.29, 0.717) is 6.61 Å². The first-order valence-electron chi connectivity index (χ1n) is 7.75. The van der Waals surface area contributed by atoms with Crippen LogP contribution in [0.1, 0.15) is 37.8 Å². The summed E-state index contributed by atoms with van der Waals surface area (Å²) < 4.78 is 11.0. The number of likely N-dealkylation sites (N-methyl/N-ethyl adjacent to an activating group) is 1. The molecule has 1 aromatic carbocycles. The maximum Gasteiger partial charge on any atom is 0.328 e. The second kappa shape index (κ2) is 8.15. The van der Waals surface area contributed by atoms with Crippen molar-refractivity contribution in [2.75, 3.05) is 26.8 Å². The highest BCUT2D eigenvalue weighted by atomic mass is 16.5. The molecule has 0 saturated carbocycles. The van der Waals surface area contributed by atoms with E-state index in [-0.39, 0.29) is 18.1 Å². The Morgan fingerprint density at radius 1 is 1.43 bits per heavy atom. The molecule has 1 aliphatic rings. The molecule has 1 heterocycles. The van der Waals surface area contributed by atoms with E-state index in [4.69, 9.17) is 9.47 Å². The molecule has 0 aromatic heterocycles. The molecule has 0 amide bonds. The van der Waals surface area contributed by atoms with Crippen molar-refractivity contribution in [2.45, 2.75) is 38.3 Å². The van der Waals surface area contributed by atoms with Crippen LogP contribution in [0.15, 0.2) is 30.3 Å². The average molecular weight is 291 g/mol. The lowest BCUT2D eigenvalue weighted by molar-refractivity contribution is -0.150. The van der Waals surface area contributed by atoms with Crippen LogP contribution in [-0.2, 0) is 14.3 Å². The van der Waals surface area contributed by atoms with Crippen LogP contribution in [-0.4, -0.2) is 43.8 Å². The average Bonchev–Trinajstić information content (AvgIpc) is 3.01.